The largest absolute Gasteiger partial charge is 0.383 e. The minimum Gasteiger partial charge on any atom is -0.383 e. The first-order valence-electron chi connectivity index (χ1n) is 7.03. The van der Waals surface area contributed by atoms with E-state index in [1.54, 1.807) is 0 Å². The molecule has 1 aromatic heterocycles. The predicted molar refractivity (Wildman–Crippen MR) is 77.8 cm³/mol. The van der Waals surface area contributed by atoms with Crippen molar-refractivity contribution in [1.29, 1.82) is 0 Å². The van der Waals surface area contributed by atoms with Gasteiger partial charge in [-0.3, -0.25) is 9.89 Å². The normalized spacial score (nSPS) is 17.8. The number of nitrogens with zero attached hydrogens (tertiary/aromatic N) is 2. The van der Waals surface area contributed by atoms with Crippen LogP contribution in [0, 0.1) is 0 Å². The van der Waals surface area contributed by atoms with E-state index in [1.807, 2.05) is 6.92 Å². The fourth-order valence-corrected chi connectivity index (χ4v) is 3.88. The van der Waals surface area contributed by atoms with Gasteiger partial charge >= 0.3 is 0 Å². The predicted octanol–water partition coefficient (Wildman–Crippen LogP) is 0.0613. The maximum absolute atomic E-state index is 12.4. The molecule has 1 aromatic rings. The van der Waals surface area contributed by atoms with Gasteiger partial charge in [0, 0.05) is 25.6 Å². The molecule has 21 heavy (non-hydrogen) atoms. The Kier molecular flexibility index (Phi) is 4.84. The van der Waals surface area contributed by atoms with Crippen molar-refractivity contribution in [2.45, 2.75) is 43.5 Å². The summed E-state index contributed by atoms with van der Waals surface area (Å²) in [6.45, 7) is 2.68. The first-order valence-corrected chi connectivity index (χ1v) is 8.47. The van der Waals surface area contributed by atoms with E-state index in [4.69, 9.17) is 5.73 Å². The number of nitrogen functional groups attached to an aromatic ring is 1. The molecule has 0 spiro atoms. The molecule has 0 radical (unpaired) electrons. The number of carbonyl (C=O) groups is 1. The minimum atomic E-state index is -3.61. The van der Waals surface area contributed by atoms with Crippen LogP contribution in [0.2, 0.25) is 0 Å². The molecule has 0 atom stereocenters. The summed E-state index contributed by atoms with van der Waals surface area (Å²) in [6.07, 6.45) is 3.74. The molecule has 1 fully saturated rings. The number of carbonyl (C=O) groups excluding carboxylic acids is 1. The standard InChI is InChI=1S/C12H21N5O3S/c1-2-3-11(18)15-9-4-6-17(7-5-9)21(19,20)10-8-14-16-12(10)13/h8-9H,2-7H2,1H3,(H,15,18)(H3,13,14,16). The Morgan fingerprint density at radius 2 is 2.19 bits per heavy atom. The zero-order chi connectivity index (χ0) is 15.5. The van der Waals surface area contributed by atoms with Crippen LogP contribution >= 0.6 is 0 Å². The first-order chi connectivity index (χ1) is 9.95. The number of aromatic amines is 1. The summed E-state index contributed by atoms with van der Waals surface area (Å²) < 4.78 is 26.2. The van der Waals surface area contributed by atoms with Crippen molar-refractivity contribution in [3.8, 4) is 0 Å². The fourth-order valence-electron chi connectivity index (χ4n) is 2.40. The average Bonchev–Trinajstić information content (AvgIpc) is 2.86. The number of nitrogens with one attached hydrogen (secondary N) is 2. The van der Waals surface area contributed by atoms with Crippen LogP contribution in [0.4, 0.5) is 5.82 Å². The lowest BCUT2D eigenvalue weighted by Crippen LogP contribution is -2.46. The lowest BCUT2D eigenvalue weighted by atomic mass is 10.1. The zero-order valence-corrected chi connectivity index (χ0v) is 12.8. The lowest BCUT2D eigenvalue weighted by molar-refractivity contribution is -0.122. The van der Waals surface area contributed by atoms with Gasteiger partial charge in [-0.2, -0.15) is 9.40 Å². The second-order valence-electron chi connectivity index (χ2n) is 5.14. The van der Waals surface area contributed by atoms with Gasteiger partial charge in [0.15, 0.2) is 0 Å². The zero-order valence-electron chi connectivity index (χ0n) is 12.0. The van der Waals surface area contributed by atoms with E-state index in [-0.39, 0.29) is 22.7 Å². The van der Waals surface area contributed by atoms with E-state index >= 15 is 0 Å². The van der Waals surface area contributed by atoms with Crippen LogP contribution in [0.3, 0.4) is 0 Å². The van der Waals surface area contributed by atoms with Gasteiger partial charge in [0.25, 0.3) is 0 Å². The van der Waals surface area contributed by atoms with Gasteiger partial charge in [-0.05, 0) is 19.3 Å². The molecule has 1 amide bonds. The number of hydrogen-bond donors (Lipinski definition) is 3. The first kappa shape index (κ1) is 15.8. The van der Waals surface area contributed by atoms with Crippen molar-refractivity contribution in [2.24, 2.45) is 0 Å². The second kappa shape index (κ2) is 6.44. The Hall–Kier alpha value is -1.61. The van der Waals surface area contributed by atoms with E-state index < -0.39 is 10.0 Å². The number of anilines is 1. The van der Waals surface area contributed by atoms with Crippen molar-refractivity contribution in [3.63, 3.8) is 0 Å². The summed E-state index contributed by atoms with van der Waals surface area (Å²) in [7, 11) is -3.61. The quantitative estimate of drug-likeness (QED) is 0.709. The molecule has 9 heteroatoms. The third-order valence-corrected chi connectivity index (χ3v) is 5.47. The van der Waals surface area contributed by atoms with Gasteiger partial charge in [-0.15, -0.1) is 0 Å². The Labute approximate surface area is 124 Å². The molecule has 4 N–H and O–H groups in total. The summed E-state index contributed by atoms with van der Waals surface area (Å²) in [5.74, 6) is 0.0752. The monoisotopic (exact) mass is 315 g/mol. The van der Waals surface area contributed by atoms with Crippen molar-refractivity contribution in [2.75, 3.05) is 18.8 Å². The minimum absolute atomic E-state index is 0.0102. The van der Waals surface area contributed by atoms with E-state index in [9.17, 15) is 13.2 Å². The molecular formula is C12H21N5O3S. The van der Waals surface area contributed by atoms with Gasteiger partial charge in [-0.1, -0.05) is 6.92 Å². The Morgan fingerprint density at radius 1 is 1.52 bits per heavy atom. The van der Waals surface area contributed by atoms with E-state index in [0.717, 1.165) is 6.42 Å². The van der Waals surface area contributed by atoms with Crippen LogP contribution in [0.5, 0.6) is 0 Å². The van der Waals surface area contributed by atoms with Crippen molar-refractivity contribution in [1.82, 2.24) is 19.8 Å². The van der Waals surface area contributed by atoms with E-state index in [1.165, 1.54) is 10.5 Å². The number of aromatic nitrogens is 2. The topological polar surface area (TPSA) is 121 Å². The highest BCUT2D eigenvalue weighted by molar-refractivity contribution is 7.89. The highest BCUT2D eigenvalue weighted by Crippen LogP contribution is 2.23. The SMILES string of the molecule is CCCC(=O)NC1CCN(S(=O)(=O)c2cn[nH]c2N)CC1. The number of piperidine rings is 1. The van der Waals surface area contributed by atoms with E-state index in [0.29, 0.717) is 32.4 Å². The number of H-pyrrole nitrogens is 1. The Morgan fingerprint density at radius 3 is 2.71 bits per heavy atom. The van der Waals surface area contributed by atoms with Crippen molar-refractivity contribution >= 4 is 21.7 Å². The summed E-state index contributed by atoms with van der Waals surface area (Å²) in [5, 5.41) is 9.01. The molecule has 8 nitrogen and oxygen atoms in total. The number of rotatable bonds is 5. The molecule has 1 saturated heterocycles. The third kappa shape index (κ3) is 3.53. The molecular weight excluding hydrogens is 294 g/mol. The van der Waals surface area contributed by atoms with Gasteiger partial charge in [0.1, 0.15) is 10.7 Å². The summed E-state index contributed by atoms with van der Waals surface area (Å²) >= 11 is 0. The van der Waals surface area contributed by atoms with Crippen LogP contribution in [-0.4, -0.2) is 48.0 Å². The highest BCUT2D eigenvalue weighted by Gasteiger charge is 2.31. The average molecular weight is 315 g/mol. The lowest BCUT2D eigenvalue weighted by Gasteiger charge is -2.31. The van der Waals surface area contributed by atoms with Crippen LogP contribution in [0.15, 0.2) is 11.1 Å². The molecule has 0 aromatic carbocycles. The van der Waals surface area contributed by atoms with Crippen molar-refractivity contribution < 1.29 is 13.2 Å². The van der Waals surface area contributed by atoms with Crippen LogP contribution in [0.1, 0.15) is 32.6 Å². The highest BCUT2D eigenvalue weighted by atomic mass is 32.2. The summed E-state index contributed by atoms with van der Waals surface area (Å²) in [5.41, 5.74) is 5.58. The smallest absolute Gasteiger partial charge is 0.248 e. The number of amides is 1. The number of nitrogens with two attached hydrogens (primary N) is 1. The maximum atomic E-state index is 12.4. The molecule has 2 heterocycles. The number of sulfonamides is 1. The van der Waals surface area contributed by atoms with E-state index in [2.05, 4.69) is 15.5 Å². The van der Waals surface area contributed by atoms with Gasteiger partial charge in [-0.25, -0.2) is 8.42 Å². The molecule has 0 aliphatic carbocycles. The third-order valence-electron chi connectivity index (χ3n) is 3.55. The van der Waals surface area contributed by atoms with Gasteiger partial charge in [0.05, 0.1) is 6.20 Å². The summed E-state index contributed by atoms with van der Waals surface area (Å²) in [4.78, 5) is 11.6. The van der Waals surface area contributed by atoms with Gasteiger partial charge in [0.2, 0.25) is 15.9 Å². The maximum Gasteiger partial charge on any atom is 0.248 e. The van der Waals surface area contributed by atoms with Crippen molar-refractivity contribution in [3.05, 3.63) is 6.20 Å². The van der Waals surface area contributed by atoms with Crippen LogP contribution in [0.25, 0.3) is 0 Å². The van der Waals surface area contributed by atoms with Crippen LogP contribution < -0.4 is 11.1 Å². The second-order valence-corrected chi connectivity index (χ2v) is 7.05. The summed E-state index contributed by atoms with van der Waals surface area (Å²) in [6, 6.07) is 0.0391. The Balaban J connectivity index is 1.95. The fraction of sp³-hybridized carbons (Fsp3) is 0.667. The van der Waals surface area contributed by atoms with Crippen LogP contribution in [-0.2, 0) is 14.8 Å². The molecule has 118 valence electrons. The molecule has 2 rings (SSSR count). The Bertz CT molecular complexity index is 590. The molecule has 0 bridgehead atoms. The van der Waals surface area contributed by atoms with Gasteiger partial charge < -0.3 is 11.1 Å². The molecule has 0 unspecified atom stereocenters. The molecule has 1 aliphatic rings. The molecule has 1 aliphatic heterocycles. The number of hydrogen-bond acceptors (Lipinski definition) is 5. The molecule has 0 saturated carbocycles.